The van der Waals surface area contributed by atoms with E-state index in [0.717, 1.165) is 23.4 Å². The first-order chi connectivity index (χ1) is 13.4. The molecule has 1 aliphatic rings. The van der Waals surface area contributed by atoms with E-state index in [9.17, 15) is 18.3 Å². The zero-order valence-electron chi connectivity index (χ0n) is 15.8. The average Bonchev–Trinajstić information content (AvgIpc) is 2.69. The Balaban J connectivity index is 1.68. The van der Waals surface area contributed by atoms with Crippen molar-refractivity contribution in [3.63, 3.8) is 0 Å². The van der Waals surface area contributed by atoms with Crippen molar-refractivity contribution in [3.05, 3.63) is 54.4 Å². The molecule has 1 unspecified atom stereocenters. The molecule has 5 nitrogen and oxygen atoms in total. The predicted molar refractivity (Wildman–Crippen MR) is 110 cm³/mol. The van der Waals surface area contributed by atoms with Crippen molar-refractivity contribution >= 4 is 27.6 Å². The van der Waals surface area contributed by atoms with Crippen LogP contribution in [0, 0.1) is 11.8 Å². The summed E-state index contributed by atoms with van der Waals surface area (Å²) in [6, 6.07) is 12.7. The van der Waals surface area contributed by atoms with E-state index in [4.69, 9.17) is 0 Å². The Morgan fingerprint density at radius 3 is 2.54 bits per heavy atom. The van der Waals surface area contributed by atoms with Crippen molar-refractivity contribution in [2.24, 2.45) is 11.8 Å². The predicted octanol–water partition coefficient (Wildman–Crippen LogP) is 4.60. The van der Waals surface area contributed by atoms with Gasteiger partial charge in [0, 0.05) is 16.3 Å². The number of hydrogen-bond donors (Lipinski definition) is 1. The summed E-state index contributed by atoms with van der Waals surface area (Å²) in [5.41, 5.74) is 0.973. The van der Waals surface area contributed by atoms with Crippen LogP contribution in [0.15, 0.2) is 58.5 Å². The molecular weight excluding hydrogens is 394 g/mol. The van der Waals surface area contributed by atoms with Crippen LogP contribution in [0.5, 0.6) is 0 Å². The third-order valence-electron chi connectivity index (χ3n) is 5.26. The Bertz CT molecular complexity index is 898. The topological polar surface area (TPSA) is 84.3 Å². The average molecular weight is 420 g/mol. The first kappa shape index (κ1) is 20.9. The molecule has 1 saturated carbocycles. The highest BCUT2D eigenvalue weighted by atomic mass is 32.2. The number of aromatic nitrogens is 1. The van der Waals surface area contributed by atoms with Gasteiger partial charge in [0.2, 0.25) is 0 Å². The first-order valence-corrected chi connectivity index (χ1v) is 12.0. The lowest BCUT2D eigenvalue weighted by molar-refractivity contribution is -0.144. The van der Waals surface area contributed by atoms with E-state index in [0.29, 0.717) is 12.8 Å². The van der Waals surface area contributed by atoms with Gasteiger partial charge in [-0.3, -0.25) is 9.78 Å². The number of pyridine rings is 1. The molecule has 0 aliphatic heterocycles. The third-order valence-corrected chi connectivity index (χ3v) is 8.26. The number of benzene rings is 1. The van der Waals surface area contributed by atoms with Crippen molar-refractivity contribution in [1.29, 1.82) is 0 Å². The summed E-state index contributed by atoms with van der Waals surface area (Å²) < 4.78 is 25.6. The van der Waals surface area contributed by atoms with Gasteiger partial charge in [0.05, 0.1) is 22.3 Å². The number of aliphatic carboxylic acids is 1. The molecule has 150 valence electrons. The third kappa shape index (κ3) is 5.14. The van der Waals surface area contributed by atoms with Crippen LogP contribution in [0.3, 0.4) is 0 Å². The lowest BCUT2D eigenvalue weighted by Gasteiger charge is -2.28. The molecule has 28 heavy (non-hydrogen) atoms. The second-order valence-electron chi connectivity index (χ2n) is 7.26. The zero-order chi connectivity index (χ0) is 20.1. The van der Waals surface area contributed by atoms with Gasteiger partial charge in [-0.05, 0) is 62.1 Å². The molecule has 0 radical (unpaired) electrons. The number of carboxylic acids is 1. The van der Waals surface area contributed by atoms with Gasteiger partial charge in [0.25, 0.3) is 0 Å². The monoisotopic (exact) mass is 419 g/mol. The van der Waals surface area contributed by atoms with Crippen LogP contribution in [0.1, 0.15) is 43.6 Å². The highest BCUT2D eigenvalue weighted by Gasteiger charge is 2.34. The molecule has 3 rings (SSSR count). The molecule has 2 aromatic rings. The molecular formula is C21H25NO4S2. The van der Waals surface area contributed by atoms with Gasteiger partial charge < -0.3 is 5.11 Å². The van der Waals surface area contributed by atoms with Crippen LogP contribution in [-0.2, 0) is 14.6 Å². The van der Waals surface area contributed by atoms with Gasteiger partial charge in [0.1, 0.15) is 0 Å². The van der Waals surface area contributed by atoms with Gasteiger partial charge in [-0.25, -0.2) is 8.42 Å². The summed E-state index contributed by atoms with van der Waals surface area (Å²) in [7, 11) is -3.51. The van der Waals surface area contributed by atoms with Crippen molar-refractivity contribution in [3.8, 4) is 0 Å². The highest BCUT2D eigenvalue weighted by molar-refractivity contribution is 7.99. The molecule has 1 aliphatic carbocycles. The largest absolute Gasteiger partial charge is 0.481 e. The molecule has 1 heterocycles. The second kappa shape index (κ2) is 9.09. The summed E-state index contributed by atoms with van der Waals surface area (Å²) in [5.74, 6) is -1.84. The molecule has 0 spiro atoms. The van der Waals surface area contributed by atoms with Crippen LogP contribution in [0.4, 0.5) is 0 Å². The number of rotatable bonds is 7. The Morgan fingerprint density at radius 1 is 1.18 bits per heavy atom. The molecule has 1 fully saturated rings. The van der Waals surface area contributed by atoms with Crippen molar-refractivity contribution < 1.29 is 18.3 Å². The Hall–Kier alpha value is -1.86. The summed E-state index contributed by atoms with van der Waals surface area (Å²) in [6.45, 7) is 2.06. The fraction of sp³-hybridized carbons (Fsp3) is 0.429. The van der Waals surface area contributed by atoms with Crippen LogP contribution in [-0.4, -0.2) is 30.2 Å². The molecule has 1 aromatic carbocycles. The van der Waals surface area contributed by atoms with Gasteiger partial charge in [-0.1, -0.05) is 18.9 Å². The van der Waals surface area contributed by atoms with Gasteiger partial charge in [-0.2, -0.15) is 0 Å². The minimum Gasteiger partial charge on any atom is -0.481 e. The Morgan fingerprint density at radius 2 is 1.89 bits per heavy atom. The second-order valence-corrected chi connectivity index (χ2v) is 10.7. The first-order valence-electron chi connectivity index (χ1n) is 9.50. The quantitative estimate of drug-likeness (QED) is 0.660. The van der Waals surface area contributed by atoms with E-state index < -0.39 is 21.7 Å². The van der Waals surface area contributed by atoms with Crippen molar-refractivity contribution in [1.82, 2.24) is 4.98 Å². The zero-order valence-corrected chi connectivity index (χ0v) is 17.5. The maximum Gasteiger partial charge on any atom is 0.306 e. The normalized spacial score (nSPS) is 21.2. The van der Waals surface area contributed by atoms with E-state index in [1.54, 1.807) is 30.1 Å². The molecule has 3 atom stereocenters. The van der Waals surface area contributed by atoms with Crippen LogP contribution in [0.2, 0.25) is 0 Å². The number of sulfone groups is 1. The van der Waals surface area contributed by atoms with E-state index in [1.165, 1.54) is 0 Å². The lowest BCUT2D eigenvalue weighted by Crippen LogP contribution is -2.32. The maximum absolute atomic E-state index is 12.8. The minimum absolute atomic E-state index is 0.0964. The van der Waals surface area contributed by atoms with Crippen LogP contribution in [0.25, 0.3) is 0 Å². The fourth-order valence-corrected chi connectivity index (χ4v) is 6.38. The van der Waals surface area contributed by atoms with Crippen molar-refractivity contribution in [2.45, 2.75) is 47.6 Å². The number of nitrogens with zero attached hydrogens (tertiary/aromatic N) is 1. The minimum atomic E-state index is -3.51. The van der Waals surface area contributed by atoms with Crippen LogP contribution >= 0.6 is 11.8 Å². The van der Waals surface area contributed by atoms with E-state index in [-0.39, 0.29) is 21.8 Å². The smallest absolute Gasteiger partial charge is 0.306 e. The summed E-state index contributed by atoms with van der Waals surface area (Å²) in [6.07, 6.45) is 4.73. The maximum atomic E-state index is 12.8. The van der Waals surface area contributed by atoms with E-state index in [1.807, 2.05) is 30.3 Å². The number of carboxylic acid groups (broad SMARTS) is 1. The molecule has 1 aromatic heterocycles. The lowest BCUT2D eigenvalue weighted by atomic mass is 9.80. The Kier molecular flexibility index (Phi) is 6.78. The van der Waals surface area contributed by atoms with Gasteiger partial charge >= 0.3 is 5.97 Å². The molecule has 1 N–H and O–H groups in total. The molecule has 7 heteroatoms. The Labute approximate surface area is 170 Å². The fourth-order valence-electron chi connectivity index (χ4n) is 3.72. The van der Waals surface area contributed by atoms with Gasteiger partial charge in [-0.15, -0.1) is 11.8 Å². The summed E-state index contributed by atoms with van der Waals surface area (Å²) >= 11 is 1.62. The van der Waals surface area contributed by atoms with Crippen molar-refractivity contribution in [2.75, 3.05) is 5.75 Å². The number of hydrogen-bond acceptors (Lipinski definition) is 5. The molecule has 0 amide bonds. The summed E-state index contributed by atoms with van der Waals surface area (Å²) in [5, 5.41) is 9.54. The van der Waals surface area contributed by atoms with E-state index in [2.05, 4.69) is 11.9 Å². The summed E-state index contributed by atoms with van der Waals surface area (Å²) in [4.78, 5) is 17.0. The highest BCUT2D eigenvalue weighted by Crippen LogP contribution is 2.35. The van der Waals surface area contributed by atoms with Gasteiger partial charge in [0.15, 0.2) is 9.84 Å². The van der Waals surface area contributed by atoms with Crippen LogP contribution < -0.4 is 0 Å². The SMILES string of the molecule is CC(Sc1ccc(S(=O)(=O)C[C@H]2CCCC[C@@H]2C(=O)O)cc1)c1ccccn1. The number of carbonyl (C=O) groups is 1. The molecule has 0 bridgehead atoms. The van der Waals surface area contributed by atoms with E-state index >= 15 is 0 Å². The molecule has 0 saturated heterocycles. The number of thioether (sulfide) groups is 1. The standard InChI is InChI=1S/C21H25NO4S2/c1-15(20-8-4-5-13-22-20)27-17-9-11-18(12-10-17)28(25,26)14-16-6-2-3-7-19(16)21(23)24/h4-5,8-13,15-16,19H,2-3,6-7,14H2,1H3,(H,23,24)/t15?,16-,19+/m1/s1.